The van der Waals surface area contributed by atoms with Crippen LogP contribution in [0.4, 0.5) is 11.4 Å². The number of nitrogens with one attached hydrogen (secondary N) is 2. The minimum absolute atomic E-state index is 0.152. The number of hydrogen-bond donors (Lipinski definition) is 2. The Morgan fingerprint density at radius 3 is 2.29 bits per heavy atom. The zero-order chi connectivity index (χ0) is 24.8. The first-order valence-electron chi connectivity index (χ1n) is 11.2. The van der Waals surface area contributed by atoms with Gasteiger partial charge in [0.2, 0.25) is 5.91 Å². The van der Waals surface area contributed by atoms with Crippen LogP contribution in [0.15, 0.2) is 102 Å². The highest BCUT2D eigenvalue weighted by atomic mass is 35.5. The fraction of sp³-hybridized carbons (Fsp3) is 0.103. The van der Waals surface area contributed by atoms with Crippen molar-refractivity contribution >= 4 is 46.6 Å². The fourth-order valence-corrected chi connectivity index (χ4v) is 4.77. The third-order valence-electron chi connectivity index (χ3n) is 5.46. The molecule has 4 nitrogen and oxygen atoms in total. The van der Waals surface area contributed by atoms with Gasteiger partial charge in [0.05, 0.1) is 0 Å². The monoisotopic (exact) mass is 500 g/mol. The van der Waals surface area contributed by atoms with Gasteiger partial charge in [-0.25, -0.2) is 0 Å². The molecule has 0 aliphatic rings. The van der Waals surface area contributed by atoms with Crippen molar-refractivity contribution < 1.29 is 9.59 Å². The number of amides is 2. The molecule has 0 radical (unpaired) electrons. The van der Waals surface area contributed by atoms with E-state index in [9.17, 15) is 9.59 Å². The number of thioether (sulfide) groups is 1. The van der Waals surface area contributed by atoms with Gasteiger partial charge in [0.25, 0.3) is 5.91 Å². The Hall–Kier alpha value is -3.54. The molecule has 35 heavy (non-hydrogen) atoms. The molecular weight excluding hydrogens is 476 g/mol. The summed E-state index contributed by atoms with van der Waals surface area (Å²) >= 11 is 7.57. The van der Waals surface area contributed by atoms with E-state index in [0.717, 1.165) is 21.6 Å². The van der Waals surface area contributed by atoms with Gasteiger partial charge in [-0.1, -0.05) is 71.8 Å². The maximum Gasteiger partial charge on any atom is 0.255 e. The Bertz CT molecular complexity index is 1340. The molecule has 1 atom stereocenters. The van der Waals surface area contributed by atoms with Crippen LogP contribution in [0.2, 0.25) is 5.02 Å². The van der Waals surface area contributed by atoms with Crippen LogP contribution in [0.3, 0.4) is 0 Å². The summed E-state index contributed by atoms with van der Waals surface area (Å²) in [5, 5.41) is 6.03. The second-order valence-electron chi connectivity index (χ2n) is 8.21. The Labute approximate surface area is 214 Å². The molecule has 0 saturated carbocycles. The highest BCUT2D eigenvalue weighted by Crippen LogP contribution is 2.37. The summed E-state index contributed by atoms with van der Waals surface area (Å²) < 4.78 is 0. The number of benzene rings is 4. The summed E-state index contributed by atoms with van der Waals surface area (Å²) in [6.45, 7) is 3.91. The average Bonchev–Trinajstić information content (AvgIpc) is 2.86. The number of carbonyl (C=O) groups is 2. The van der Waals surface area contributed by atoms with Gasteiger partial charge in [-0.2, -0.15) is 0 Å². The first-order chi connectivity index (χ1) is 16.9. The summed E-state index contributed by atoms with van der Waals surface area (Å²) in [5.41, 5.74) is 4.84. The van der Waals surface area contributed by atoms with Crippen LogP contribution in [-0.4, -0.2) is 11.8 Å². The minimum atomic E-state index is -0.502. The van der Waals surface area contributed by atoms with Crippen molar-refractivity contribution in [1.82, 2.24) is 0 Å². The third kappa shape index (κ3) is 6.53. The zero-order valence-electron chi connectivity index (χ0n) is 19.4. The number of carbonyl (C=O) groups excluding carboxylic acids is 2. The molecule has 0 aliphatic heterocycles. The molecule has 2 amide bonds. The molecule has 0 heterocycles. The molecule has 4 aromatic rings. The van der Waals surface area contributed by atoms with Crippen LogP contribution in [0.25, 0.3) is 0 Å². The topological polar surface area (TPSA) is 58.2 Å². The molecule has 0 saturated heterocycles. The summed E-state index contributed by atoms with van der Waals surface area (Å²) in [6.07, 6.45) is 0. The van der Waals surface area contributed by atoms with E-state index >= 15 is 0 Å². The minimum Gasteiger partial charge on any atom is -0.325 e. The van der Waals surface area contributed by atoms with Gasteiger partial charge in [-0.15, -0.1) is 11.8 Å². The van der Waals surface area contributed by atoms with Crippen LogP contribution in [0, 0.1) is 13.8 Å². The van der Waals surface area contributed by atoms with Crippen molar-refractivity contribution in [2.75, 3.05) is 10.6 Å². The molecule has 1 unspecified atom stereocenters. The molecule has 0 fully saturated rings. The standard InChI is InChI=1S/C29H25ClN2O2S/c1-19-11-14-22(15-12-19)28(33)31-24-9-6-10-25(18-24)35-27(21-7-4-3-5-8-21)29(34)32-26-17-23(30)16-13-20(26)2/h3-18,27H,1-2H3,(H,31,33)(H,32,34). The Morgan fingerprint density at radius 1 is 0.800 bits per heavy atom. The molecule has 6 heteroatoms. The van der Waals surface area contributed by atoms with E-state index in [4.69, 9.17) is 11.6 Å². The molecule has 0 spiro atoms. The SMILES string of the molecule is Cc1ccc(C(=O)Nc2cccc(SC(C(=O)Nc3cc(Cl)ccc3C)c3ccccc3)c2)cc1. The lowest BCUT2D eigenvalue weighted by Gasteiger charge is -2.18. The van der Waals surface area contributed by atoms with Gasteiger partial charge < -0.3 is 10.6 Å². The third-order valence-corrected chi connectivity index (χ3v) is 6.94. The molecule has 0 aliphatic carbocycles. The molecular formula is C29H25ClN2O2S. The van der Waals surface area contributed by atoms with Crippen molar-refractivity contribution in [3.05, 3.63) is 124 Å². The molecule has 176 valence electrons. The quantitative estimate of drug-likeness (QED) is 0.256. The van der Waals surface area contributed by atoms with Crippen LogP contribution < -0.4 is 10.6 Å². The van der Waals surface area contributed by atoms with E-state index in [1.807, 2.05) is 86.6 Å². The summed E-state index contributed by atoms with van der Waals surface area (Å²) in [6, 6.07) is 30.0. The van der Waals surface area contributed by atoms with Gasteiger partial charge in [-0.05, 0) is 67.4 Å². The first kappa shape index (κ1) is 24.6. The van der Waals surface area contributed by atoms with Gasteiger partial charge in [0.15, 0.2) is 0 Å². The van der Waals surface area contributed by atoms with Crippen LogP contribution in [0.1, 0.15) is 32.3 Å². The van der Waals surface area contributed by atoms with Crippen molar-refractivity contribution in [3.8, 4) is 0 Å². The van der Waals surface area contributed by atoms with Crippen molar-refractivity contribution in [3.63, 3.8) is 0 Å². The lowest BCUT2D eigenvalue weighted by Crippen LogP contribution is -2.19. The van der Waals surface area contributed by atoms with Crippen LogP contribution in [0.5, 0.6) is 0 Å². The molecule has 2 N–H and O–H groups in total. The number of rotatable bonds is 7. The number of hydrogen-bond acceptors (Lipinski definition) is 3. The highest BCUT2D eigenvalue weighted by Gasteiger charge is 2.23. The lowest BCUT2D eigenvalue weighted by molar-refractivity contribution is -0.115. The summed E-state index contributed by atoms with van der Waals surface area (Å²) in [7, 11) is 0. The normalized spacial score (nSPS) is 11.5. The predicted molar refractivity (Wildman–Crippen MR) is 145 cm³/mol. The van der Waals surface area contributed by atoms with Gasteiger partial charge in [0.1, 0.15) is 5.25 Å². The largest absolute Gasteiger partial charge is 0.325 e. The average molecular weight is 501 g/mol. The van der Waals surface area contributed by atoms with E-state index in [2.05, 4.69) is 10.6 Å². The molecule has 0 aromatic heterocycles. The predicted octanol–water partition coefficient (Wildman–Crippen LogP) is 7.68. The first-order valence-corrected chi connectivity index (χ1v) is 12.4. The second kappa shape index (κ2) is 11.3. The maximum atomic E-state index is 13.4. The van der Waals surface area contributed by atoms with Gasteiger partial charge in [0, 0.05) is 26.9 Å². The number of aryl methyl sites for hydroxylation is 2. The van der Waals surface area contributed by atoms with Crippen LogP contribution >= 0.6 is 23.4 Å². The van der Waals surface area contributed by atoms with Crippen molar-refractivity contribution in [1.29, 1.82) is 0 Å². The Morgan fingerprint density at radius 2 is 1.54 bits per heavy atom. The molecule has 4 rings (SSSR count). The van der Waals surface area contributed by atoms with Gasteiger partial charge in [-0.3, -0.25) is 9.59 Å². The number of halogens is 1. The molecule has 4 aromatic carbocycles. The lowest BCUT2D eigenvalue weighted by atomic mass is 10.1. The van der Waals surface area contributed by atoms with E-state index in [0.29, 0.717) is 22.0 Å². The zero-order valence-corrected chi connectivity index (χ0v) is 21.0. The van der Waals surface area contributed by atoms with Crippen molar-refractivity contribution in [2.45, 2.75) is 24.0 Å². The van der Waals surface area contributed by atoms with E-state index in [-0.39, 0.29) is 11.8 Å². The Kier molecular flexibility index (Phi) is 7.91. The van der Waals surface area contributed by atoms with Gasteiger partial charge >= 0.3 is 0 Å². The van der Waals surface area contributed by atoms with Crippen LogP contribution in [-0.2, 0) is 4.79 Å². The van der Waals surface area contributed by atoms with E-state index in [1.54, 1.807) is 24.3 Å². The fourth-order valence-electron chi connectivity index (χ4n) is 3.52. The van der Waals surface area contributed by atoms with E-state index < -0.39 is 5.25 Å². The van der Waals surface area contributed by atoms with Crippen molar-refractivity contribution in [2.24, 2.45) is 0 Å². The molecule has 0 bridgehead atoms. The smallest absolute Gasteiger partial charge is 0.255 e. The highest BCUT2D eigenvalue weighted by molar-refractivity contribution is 8.00. The second-order valence-corrected chi connectivity index (χ2v) is 9.82. The Balaban J connectivity index is 1.55. The number of anilines is 2. The van der Waals surface area contributed by atoms with E-state index in [1.165, 1.54) is 11.8 Å². The summed E-state index contributed by atoms with van der Waals surface area (Å²) in [4.78, 5) is 26.9. The summed E-state index contributed by atoms with van der Waals surface area (Å²) in [5.74, 6) is -0.332. The maximum absolute atomic E-state index is 13.4.